The Balaban J connectivity index is 1.62. The van der Waals surface area contributed by atoms with Crippen molar-refractivity contribution < 1.29 is 5.11 Å². The van der Waals surface area contributed by atoms with E-state index in [4.69, 9.17) is 0 Å². The maximum Gasteiger partial charge on any atom is 0.0772 e. The Kier molecular flexibility index (Phi) is 5.03. The third kappa shape index (κ3) is 3.88. The Morgan fingerprint density at radius 1 is 1.29 bits per heavy atom. The van der Waals surface area contributed by atoms with Crippen LogP contribution in [0.2, 0.25) is 0 Å². The largest absolute Gasteiger partial charge is 0.389 e. The van der Waals surface area contributed by atoms with Gasteiger partial charge >= 0.3 is 0 Å². The molecule has 1 aromatic rings. The van der Waals surface area contributed by atoms with Crippen LogP contribution in [-0.4, -0.2) is 17.3 Å². The molecular weight excluding hydrogens is 278 g/mol. The lowest BCUT2D eigenvalue weighted by atomic mass is 9.79. The van der Waals surface area contributed by atoms with Gasteiger partial charge in [-0.1, -0.05) is 25.8 Å². The van der Waals surface area contributed by atoms with E-state index in [1.54, 1.807) is 0 Å². The molecule has 3 heteroatoms. The summed E-state index contributed by atoms with van der Waals surface area (Å²) in [6, 6.07) is 4.87. The molecular formula is C18H29NOS. The van der Waals surface area contributed by atoms with Gasteiger partial charge in [0.25, 0.3) is 0 Å². The van der Waals surface area contributed by atoms with Gasteiger partial charge in [-0.25, -0.2) is 0 Å². The average Bonchev–Trinajstić information content (AvgIpc) is 3.16. The van der Waals surface area contributed by atoms with Crippen LogP contribution in [0.4, 0.5) is 0 Å². The molecule has 2 fully saturated rings. The van der Waals surface area contributed by atoms with E-state index < -0.39 is 5.60 Å². The standard InChI is InChI=1S/C18H29NOS/c1-14-8-10-18(20,11-9-14)13-19-17(15-5-2-3-6-15)16-7-4-12-21-16/h4,7,12,14-15,17,19-20H,2-3,5-6,8-11,13H2,1H3. The van der Waals surface area contributed by atoms with E-state index in [9.17, 15) is 5.11 Å². The molecule has 2 aliphatic carbocycles. The van der Waals surface area contributed by atoms with Crippen LogP contribution in [0.25, 0.3) is 0 Å². The van der Waals surface area contributed by atoms with Gasteiger partial charge in [0.1, 0.15) is 0 Å². The highest BCUT2D eigenvalue weighted by Crippen LogP contribution is 2.38. The van der Waals surface area contributed by atoms with Crippen LogP contribution >= 0.6 is 11.3 Å². The average molecular weight is 308 g/mol. The Hall–Kier alpha value is -0.380. The summed E-state index contributed by atoms with van der Waals surface area (Å²) in [6.45, 7) is 3.07. The summed E-state index contributed by atoms with van der Waals surface area (Å²) in [6.07, 6.45) is 9.69. The van der Waals surface area contributed by atoms with E-state index in [0.717, 1.165) is 31.2 Å². The fraction of sp³-hybridized carbons (Fsp3) is 0.778. The van der Waals surface area contributed by atoms with E-state index in [1.807, 2.05) is 11.3 Å². The third-order valence-electron chi connectivity index (χ3n) is 5.58. The summed E-state index contributed by atoms with van der Waals surface area (Å²) >= 11 is 1.86. The lowest BCUT2D eigenvalue weighted by molar-refractivity contribution is -0.00956. The molecule has 0 amide bonds. The Labute approximate surface area is 133 Å². The number of thiophene rings is 1. The van der Waals surface area contributed by atoms with Crippen LogP contribution in [0.1, 0.15) is 69.2 Å². The second kappa shape index (κ2) is 6.80. The van der Waals surface area contributed by atoms with Crippen LogP contribution < -0.4 is 5.32 Å². The van der Waals surface area contributed by atoms with Crippen LogP contribution in [0.15, 0.2) is 17.5 Å². The van der Waals surface area contributed by atoms with Gasteiger partial charge in [0, 0.05) is 17.5 Å². The van der Waals surface area contributed by atoms with E-state index in [-0.39, 0.29) is 0 Å². The molecule has 21 heavy (non-hydrogen) atoms. The topological polar surface area (TPSA) is 32.3 Å². The number of aliphatic hydroxyl groups is 1. The van der Waals surface area contributed by atoms with Crippen LogP contribution in [-0.2, 0) is 0 Å². The summed E-state index contributed by atoms with van der Waals surface area (Å²) in [5, 5.41) is 16.7. The number of hydrogen-bond acceptors (Lipinski definition) is 3. The SMILES string of the molecule is CC1CCC(O)(CNC(c2cccs2)C2CCCC2)CC1. The van der Waals surface area contributed by atoms with Crippen molar-refractivity contribution in [2.45, 2.75) is 69.9 Å². The van der Waals surface area contributed by atoms with Gasteiger partial charge in [-0.3, -0.25) is 0 Å². The fourth-order valence-electron chi connectivity index (χ4n) is 4.03. The van der Waals surface area contributed by atoms with Gasteiger partial charge < -0.3 is 10.4 Å². The molecule has 1 atom stereocenters. The quantitative estimate of drug-likeness (QED) is 0.839. The molecule has 1 heterocycles. The van der Waals surface area contributed by atoms with Crippen molar-refractivity contribution in [1.82, 2.24) is 5.32 Å². The van der Waals surface area contributed by atoms with Gasteiger partial charge in [0.2, 0.25) is 0 Å². The van der Waals surface area contributed by atoms with Gasteiger partial charge in [-0.2, -0.15) is 0 Å². The summed E-state index contributed by atoms with van der Waals surface area (Å²) < 4.78 is 0. The smallest absolute Gasteiger partial charge is 0.0772 e. The van der Waals surface area contributed by atoms with Crippen LogP contribution in [0.5, 0.6) is 0 Å². The first-order valence-corrected chi connectivity index (χ1v) is 9.53. The number of rotatable bonds is 5. The minimum atomic E-state index is -0.472. The van der Waals surface area contributed by atoms with Gasteiger partial charge in [0.05, 0.1) is 5.60 Å². The molecule has 0 radical (unpaired) electrons. The van der Waals surface area contributed by atoms with Crippen molar-refractivity contribution in [1.29, 1.82) is 0 Å². The Bertz CT molecular complexity index is 416. The van der Waals surface area contributed by atoms with Crippen LogP contribution in [0.3, 0.4) is 0 Å². The lowest BCUT2D eigenvalue weighted by Gasteiger charge is -2.37. The van der Waals surface area contributed by atoms with Gasteiger partial charge in [-0.15, -0.1) is 11.3 Å². The molecule has 0 spiro atoms. The molecule has 2 aliphatic rings. The maximum atomic E-state index is 10.8. The van der Waals surface area contributed by atoms with Crippen molar-refractivity contribution in [3.63, 3.8) is 0 Å². The molecule has 3 rings (SSSR count). The highest BCUT2D eigenvalue weighted by molar-refractivity contribution is 7.10. The zero-order valence-corrected chi connectivity index (χ0v) is 14.0. The highest BCUT2D eigenvalue weighted by Gasteiger charge is 2.34. The molecule has 0 bridgehead atoms. The van der Waals surface area contributed by atoms with E-state index in [0.29, 0.717) is 6.04 Å². The molecule has 1 unspecified atom stereocenters. The van der Waals surface area contributed by atoms with E-state index in [1.165, 1.54) is 43.4 Å². The van der Waals surface area contributed by atoms with Crippen LogP contribution in [0, 0.1) is 11.8 Å². The fourth-order valence-corrected chi connectivity index (χ4v) is 4.93. The summed E-state index contributed by atoms with van der Waals surface area (Å²) in [7, 11) is 0. The minimum Gasteiger partial charge on any atom is -0.389 e. The molecule has 2 N–H and O–H groups in total. The second-order valence-corrected chi connectivity index (χ2v) is 8.30. The number of hydrogen-bond donors (Lipinski definition) is 2. The predicted molar refractivity (Wildman–Crippen MR) is 89.6 cm³/mol. The minimum absolute atomic E-state index is 0.455. The van der Waals surface area contributed by atoms with Gasteiger partial charge in [-0.05, 0) is 61.8 Å². The second-order valence-electron chi connectivity index (χ2n) is 7.33. The molecule has 1 aromatic heterocycles. The van der Waals surface area contributed by atoms with Gasteiger partial charge in [0.15, 0.2) is 0 Å². The normalized spacial score (nSPS) is 32.4. The van der Waals surface area contributed by atoms with Crippen molar-refractivity contribution >= 4 is 11.3 Å². The first-order valence-electron chi connectivity index (χ1n) is 8.65. The first-order chi connectivity index (χ1) is 10.2. The van der Waals surface area contributed by atoms with Crippen molar-refractivity contribution in [3.05, 3.63) is 22.4 Å². The van der Waals surface area contributed by atoms with E-state index >= 15 is 0 Å². The summed E-state index contributed by atoms with van der Waals surface area (Å²) in [4.78, 5) is 1.45. The molecule has 0 saturated heterocycles. The Morgan fingerprint density at radius 2 is 2.00 bits per heavy atom. The molecule has 118 valence electrons. The summed E-state index contributed by atoms with van der Waals surface area (Å²) in [5.41, 5.74) is -0.472. The monoisotopic (exact) mass is 307 g/mol. The molecule has 0 aliphatic heterocycles. The van der Waals surface area contributed by atoms with Crippen molar-refractivity contribution in [2.24, 2.45) is 11.8 Å². The van der Waals surface area contributed by atoms with Crippen molar-refractivity contribution in [3.8, 4) is 0 Å². The molecule has 2 nitrogen and oxygen atoms in total. The third-order valence-corrected chi connectivity index (χ3v) is 6.53. The number of nitrogens with one attached hydrogen (secondary N) is 1. The highest BCUT2D eigenvalue weighted by atomic mass is 32.1. The zero-order chi connectivity index (χ0) is 14.7. The lowest BCUT2D eigenvalue weighted by Crippen LogP contribution is -2.45. The zero-order valence-electron chi connectivity index (χ0n) is 13.2. The Morgan fingerprint density at radius 3 is 2.62 bits per heavy atom. The first kappa shape index (κ1) is 15.5. The summed E-state index contributed by atoms with van der Waals surface area (Å²) in [5.74, 6) is 1.54. The molecule has 0 aromatic carbocycles. The maximum absolute atomic E-state index is 10.8. The van der Waals surface area contributed by atoms with Crippen molar-refractivity contribution in [2.75, 3.05) is 6.54 Å². The predicted octanol–water partition coefficient (Wildman–Crippen LogP) is 4.51. The van der Waals surface area contributed by atoms with E-state index in [2.05, 4.69) is 29.8 Å². The molecule has 2 saturated carbocycles.